The molecule has 3 rings (SSSR count). The van der Waals surface area contributed by atoms with Gasteiger partial charge in [-0.15, -0.1) is 0 Å². The predicted molar refractivity (Wildman–Crippen MR) is 88.5 cm³/mol. The van der Waals surface area contributed by atoms with Gasteiger partial charge in [-0.05, 0) is 47.0 Å². The third-order valence-electron chi connectivity index (χ3n) is 4.11. The van der Waals surface area contributed by atoms with Crippen molar-refractivity contribution in [2.45, 2.75) is 6.42 Å². The molecule has 0 amide bonds. The van der Waals surface area contributed by atoms with Gasteiger partial charge in [-0.3, -0.25) is 0 Å². The van der Waals surface area contributed by atoms with Gasteiger partial charge < -0.3 is 15.0 Å². The fourth-order valence-corrected chi connectivity index (χ4v) is 3.07. The lowest BCUT2D eigenvalue weighted by Crippen LogP contribution is -2.44. The first kappa shape index (κ1) is 14.6. The van der Waals surface area contributed by atoms with Gasteiger partial charge in [0.1, 0.15) is 5.75 Å². The quantitative estimate of drug-likeness (QED) is 0.940. The summed E-state index contributed by atoms with van der Waals surface area (Å²) in [4.78, 5) is 2.50. The van der Waals surface area contributed by atoms with Crippen molar-refractivity contribution < 1.29 is 4.74 Å². The first-order valence-electron chi connectivity index (χ1n) is 7.45. The minimum atomic E-state index is 0.778. The highest BCUT2D eigenvalue weighted by Gasteiger charge is 2.11. The summed E-state index contributed by atoms with van der Waals surface area (Å²) >= 11 is 6.10. The third kappa shape index (κ3) is 3.49. The molecule has 0 bridgehead atoms. The first-order chi connectivity index (χ1) is 10.3. The molecule has 2 aromatic rings. The lowest BCUT2D eigenvalue weighted by atomic mass is 10.0. The minimum absolute atomic E-state index is 0.778. The van der Waals surface area contributed by atoms with Gasteiger partial charge in [-0.2, -0.15) is 0 Å². The van der Waals surface area contributed by atoms with E-state index in [1.807, 2.05) is 18.2 Å². The fourth-order valence-electron chi connectivity index (χ4n) is 2.89. The summed E-state index contributed by atoms with van der Waals surface area (Å²) in [5.74, 6) is 0.972. The van der Waals surface area contributed by atoms with Gasteiger partial charge >= 0.3 is 0 Å². The highest BCUT2D eigenvalue weighted by molar-refractivity contribution is 6.31. The van der Waals surface area contributed by atoms with Crippen LogP contribution in [0.4, 0.5) is 0 Å². The monoisotopic (exact) mass is 304 g/mol. The van der Waals surface area contributed by atoms with Crippen molar-refractivity contribution in [3.8, 4) is 5.75 Å². The van der Waals surface area contributed by atoms with E-state index in [1.54, 1.807) is 7.11 Å². The van der Waals surface area contributed by atoms with Crippen molar-refractivity contribution in [2.75, 3.05) is 39.8 Å². The molecule has 1 saturated heterocycles. The first-order valence-corrected chi connectivity index (χ1v) is 7.83. The molecule has 1 aliphatic rings. The Kier molecular flexibility index (Phi) is 4.63. The summed E-state index contributed by atoms with van der Waals surface area (Å²) in [6.45, 7) is 5.50. The van der Waals surface area contributed by atoms with Crippen LogP contribution in [0.5, 0.6) is 5.75 Å². The lowest BCUT2D eigenvalue weighted by molar-refractivity contribution is 0.243. The maximum atomic E-state index is 6.10. The third-order valence-corrected chi connectivity index (χ3v) is 4.34. The Morgan fingerprint density at radius 2 is 1.95 bits per heavy atom. The van der Waals surface area contributed by atoms with Crippen molar-refractivity contribution >= 4 is 22.4 Å². The van der Waals surface area contributed by atoms with Gasteiger partial charge in [0.15, 0.2) is 0 Å². The second-order valence-corrected chi connectivity index (χ2v) is 5.93. The molecule has 2 aromatic carbocycles. The number of fused-ring (bicyclic) bond motifs is 1. The number of ether oxygens (including phenoxy) is 1. The van der Waals surface area contributed by atoms with Gasteiger partial charge in [-0.1, -0.05) is 17.7 Å². The molecular weight excluding hydrogens is 284 g/mol. The topological polar surface area (TPSA) is 24.5 Å². The standard InChI is InChI=1S/C17H21ClN2O/c1-21-17-12-13-2-3-16(18)11-15(13)10-14(17)4-7-20-8-5-19-6-9-20/h2-3,10-12,19H,4-9H2,1H3. The molecule has 1 N–H and O–H groups in total. The smallest absolute Gasteiger partial charge is 0.122 e. The highest BCUT2D eigenvalue weighted by Crippen LogP contribution is 2.28. The van der Waals surface area contributed by atoms with Crippen molar-refractivity contribution in [1.29, 1.82) is 0 Å². The zero-order valence-corrected chi connectivity index (χ0v) is 13.1. The van der Waals surface area contributed by atoms with Crippen LogP contribution in [0.1, 0.15) is 5.56 Å². The van der Waals surface area contributed by atoms with Gasteiger partial charge in [0.05, 0.1) is 7.11 Å². The summed E-state index contributed by atoms with van der Waals surface area (Å²) in [5, 5.41) is 6.51. The van der Waals surface area contributed by atoms with Gasteiger partial charge in [0.2, 0.25) is 0 Å². The summed E-state index contributed by atoms with van der Waals surface area (Å²) in [7, 11) is 1.74. The Balaban J connectivity index is 1.81. The van der Waals surface area contributed by atoms with Crippen LogP contribution >= 0.6 is 11.6 Å². The number of nitrogens with one attached hydrogen (secondary N) is 1. The van der Waals surface area contributed by atoms with E-state index in [0.717, 1.165) is 49.9 Å². The molecule has 1 aliphatic heterocycles. The van der Waals surface area contributed by atoms with Crippen LogP contribution in [0.25, 0.3) is 10.8 Å². The Morgan fingerprint density at radius 3 is 2.71 bits per heavy atom. The number of rotatable bonds is 4. The number of benzene rings is 2. The molecule has 0 saturated carbocycles. The lowest BCUT2D eigenvalue weighted by Gasteiger charge is -2.27. The largest absolute Gasteiger partial charge is 0.496 e. The number of nitrogens with zero attached hydrogens (tertiary/aromatic N) is 1. The second kappa shape index (κ2) is 6.65. The van der Waals surface area contributed by atoms with Crippen LogP contribution in [0.2, 0.25) is 5.02 Å². The van der Waals surface area contributed by atoms with E-state index in [-0.39, 0.29) is 0 Å². The SMILES string of the molecule is COc1cc2ccc(Cl)cc2cc1CCN1CCNCC1. The van der Waals surface area contributed by atoms with Crippen molar-refractivity contribution in [3.05, 3.63) is 40.9 Å². The zero-order chi connectivity index (χ0) is 14.7. The van der Waals surface area contributed by atoms with E-state index in [4.69, 9.17) is 16.3 Å². The maximum absolute atomic E-state index is 6.10. The Labute approximate surface area is 130 Å². The molecule has 0 unspecified atom stereocenters. The van der Waals surface area contributed by atoms with Gasteiger partial charge in [-0.25, -0.2) is 0 Å². The molecule has 21 heavy (non-hydrogen) atoms. The maximum Gasteiger partial charge on any atom is 0.122 e. The second-order valence-electron chi connectivity index (χ2n) is 5.50. The van der Waals surface area contributed by atoms with Crippen LogP contribution in [-0.4, -0.2) is 44.7 Å². The number of halogens is 1. The van der Waals surface area contributed by atoms with E-state index in [2.05, 4.69) is 22.3 Å². The summed E-state index contributed by atoms with van der Waals surface area (Å²) < 4.78 is 5.56. The Morgan fingerprint density at radius 1 is 1.14 bits per heavy atom. The summed E-state index contributed by atoms with van der Waals surface area (Å²) in [5.41, 5.74) is 1.26. The van der Waals surface area contributed by atoms with Gasteiger partial charge in [0, 0.05) is 37.7 Å². The average Bonchev–Trinajstić information content (AvgIpc) is 2.53. The van der Waals surface area contributed by atoms with E-state index >= 15 is 0 Å². The van der Waals surface area contributed by atoms with Gasteiger partial charge in [0.25, 0.3) is 0 Å². The van der Waals surface area contributed by atoms with Crippen molar-refractivity contribution in [2.24, 2.45) is 0 Å². The molecule has 1 heterocycles. The molecule has 4 heteroatoms. The Bertz CT molecular complexity index is 623. The van der Waals surface area contributed by atoms with E-state index < -0.39 is 0 Å². The van der Waals surface area contributed by atoms with E-state index in [9.17, 15) is 0 Å². The van der Waals surface area contributed by atoms with Crippen LogP contribution in [0, 0.1) is 0 Å². The molecule has 0 aromatic heterocycles. The van der Waals surface area contributed by atoms with Crippen LogP contribution in [-0.2, 0) is 6.42 Å². The Hall–Kier alpha value is -1.29. The van der Waals surface area contributed by atoms with E-state index in [0.29, 0.717) is 0 Å². The highest BCUT2D eigenvalue weighted by atomic mass is 35.5. The zero-order valence-electron chi connectivity index (χ0n) is 12.4. The molecular formula is C17H21ClN2O. The van der Waals surface area contributed by atoms with Crippen LogP contribution in [0.3, 0.4) is 0 Å². The number of methoxy groups -OCH3 is 1. The van der Waals surface area contributed by atoms with Crippen LogP contribution in [0.15, 0.2) is 30.3 Å². The molecule has 3 nitrogen and oxygen atoms in total. The molecule has 0 spiro atoms. The predicted octanol–water partition coefficient (Wildman–Crippen LogP) is 2.95. The summed E-state index contributed by atoms with van der Waals surface area (Å²) in [6, 6.07) is 10.3. The van der Waals surface area contributed by atoms with Crippen molar-refractivity contribution in [1.82, 2.24) is 10.2 Å². The normalized spacial score (nSPS) is 16.3. The molecule has 0 atom stereocenters. The van der Waals surface area contributed by atoms with Crippen molar-refractivity contribution in [3.63, 3.8) is 0 Å². The molecule has 0 aliphatic carbocycles. The van der Waals surface area contributed by atoms with E-state index in [1.165, 1.54) is 16.3 Å². The molecule has 0 radical (unpaired) electrons. The van der Waals surface area contributed by atoms with Crippen LogP contribution < -0.4 is 10.1 Å². The number of piperazine rings is 1. The number of hydrogen-bond acceptors (Lipinski definition) is 3. The molecule has 112 valence electrons. The molecule has 1 fully saturated rings. The summed E-state index contributed by atoms with van der Waals surface area (Å²) in [6.07, 6.45) is 1.01. The average molecular weight is 305 g/mol. The minimum Gasteiger partial charge on any atom is -0.496 e. The fraction of sp³-hybridized carbons (Fsp3) is 0.412. The number of hydrogen-bond donors (Lipinski definition) is 1.